The number of rotatable bonds is 10. The van der Waals surface area contributed by atoms with E-state index >= 15 is 0 Å². The summed E-state index contributed by atoms with van der Waals surface area (Å²) in [6.07, 6.45) is 2.27. The van der Waals surface area contributed by atoms with Crippen molar-refractivity contribution in [1.82, 2.24) is 4.90 Å². The van der Waals surface area contributed by atoms with Crippen LogP contribution in [-0.2, 0) is 23.5 Å². The van der Waals surface area contributed by atoms with Crippen LogP contribution < -0.4 is 5.73 Å². The number of piperidine rings is 1. The highest BCUT2D eigenvalue weighted by Crippen LogP contribution is 2.47. The zero-order valence-electron chi connectivity index (χ0n) is 23.7. The molecule has 1 unspecified atom stereocenters. The Bertz CT molecular complexity index is 845. The zero-order chi connectivity index (χ0) is 28.8. The van der Waals surface area contributed by atoms with Crippen LogP contribution in [0.3, 0.4) is 0 Å². The predicted molar refractivity (Wildman–Crippen MR) is 142 cm³/mol. The van der Waals surface area contributed by atoms with Gasteiger partial charge in [0.1, 0.15) is 11.6 Å². The first-order valence-corrected chi connectivity index (χ1v) is 15.9. The summed E-state index contributed by atoms with van der Waals surface area (Å²) >= 11 is 0. The van der Waals surface area contributed by atoms with E-state index in [4.69, 9.17) is 25.3 Å². The minimum atomic E-state index is -1.89. The predicted octanol–water partition coefficient (Wildman–Crippen LogP) is 3.04. The highest BCUT2D eigenvalue weighted by molar-refractivity contribution is 6.74. The number of aliphatic hydroxyl groups excluding tert-OH is 1. The number of carbonyl (C=O) groups excluding carboxylic acids is 2. The maximum Gasteiger partial charge on any atom is 0.307 e. The molecule has 0 bridgehead atoms. The average Bonchev–Trinajstić information content (AvgIpc) is 3.40. The Kier molecular flexibility index (Phi) is 11.8. The first kappa shape index (κ1) is 33.0. The van der Waals surface area contributed by atoms with Gasteiger partial charge in [-0.1, -0.05) is 20.8 Å². The summed E-state index contributed by atoms with van der Waals surface area (Å²) in [5, 5.41) is 27.0. The number of carbonyl (C=O) groups is 3. The lowest BCUT2D eigenvalue weighted by Gasteiger charge is -2.36. The largest absolute Gasteiger partial charge is 0.481 e. The van der Waals surface area contributed by atoms with Gasteiger partial charge in [0, 0.05) is 19.3 Å². The number of amides is 1. The normalized spacial score (nSPS) is 22.6. The highest BCUT2D eigenvalue weighted by Gasteiger charge is 2.54. The van der Waals surface area contributed by atoms with Crippen LogP contribution >= 0.6 is 0 Å². The van der Waals surface area contributed by atoms with Crippen molar-refractivity contribution in [2.24, 2.45) is 17.6 Å². The summed E-state index contributed by atoms with van der Waals surface area (Å²) in [4.78, 5) is 36.6. The topological polar surface area (TPSA) is 163 Å². The lowest BCUT2D eigenvalue weighted by molar-refractivity contribution is -0.160. The molecule has 11 heteroatoms. The number of aliphatic hydroxyl groups is 1. The van der Waals surface area contributed by atoms with E-state index in [-0.39, 0.29) is 42.5 Å². The summed E-state index contributed by atoms with van der Waals surface area (Å²) < 4.78 is 11.2. The van der Waals surface area contributed by atoms with Gasteiger partial charge in [0.25, 0.3) is 0 Å². The molecule has 212 valence electrons. The van der Waals surface area contributed by atoms with Gasteiger partial charge < -0.3 is 30.0 Å². The van der Waals surface area contributed by atoms with Crippen molar-refractivity contribution in [1.29, 1.82) is 5.26 Å². The number of hydrogen-bond donors (Lipinski definition) is 3. The van der Waals surface area contributed by atoms with E-state index < -0.39 is 37.8 Å². The molecule has 0 radical (unpaired) electrons. The third-order valence-corrected chi connectivity index (χ3v) is 11.7. The maximum atomic E-state index is 11.9. The first-order valence-electron chi connectivity index (χ1n) is 13.0. The summed E-state index contributed by atoms with van der Waals surface area (Å²) in [6.45, 7) is 16.2. The standard InChI is InChI=1S/C16H32O5Si.C10H15N3O2/c1-15(2,3)21-13(17)11-12(14(18)19)9-10-20-22(7,8)16(4,5)6;11-5-7-3-6-4-9(6)13(7)10(15)8(12)1-2-14/h12H,9-11H2,1-8H3,(H,18,19);6-9,14H,1-4,12H2/t12-;6?,7-,8+,9+/m10/s1. The van der Waals surface area contributed by atoms with E-state index in [1.807, 2.05) is 0 Å². The zero-order valence-corrected chi connectivity index (χ0v) is 24.7. The molecule has 1 heterocycles. The fraction of sp³-hybridized carbons (Fsp3) is 0.846. The minimum absolute atomic E-state index is 0.0802. The van der Waals surface area contributed by atoms with Crippen LogP contribution in [-0.4, -0.2) is 78.2 Å². The third kappa shape index (κ3) is 10.3. The second kappa shape index (κ2) is 13.2. The monoisotopic (exact) mass is 541 g/mol. The molecule has 0 aromatic heterocycles. The van der Waals surface area contributed by atoms with Crippen molar-refractivity contribution in [2.45, 2.75) is 116 Å². The molecule has 37 heavy (non-hydrogen) atoms. The van der Waals surface area contributed by atoms with E-state index in [0.717, 1.165) is 12.8 Å². The van der Waals surface area contributed by atoms with Gasteiger partial charge in [0.05, 0.1) is 24.4 Å². The highest BCUT2D eigenvalue weighted by atomic mass is 28.4. The fourth-order valence-electron chi connectivity index (χ4n) is 3.91. The number of nitriles is 1. The van der Waals surface area contributed by atoms with Crippen molar-refractivity contribution in [2.75, 3.05) is 13.2 Å². The summed E-state index contributed by atoms with van der Waals surface area (Å²) in [7, 11) is -1.89. The molecule has 1 aliphatic heterocycles. The maximum absolute atomic E-state index is 11.9. The van der Waals surface area contributed by atoms with Crippen molar-refractivity contribution in [3.63, 3.8) is 0 Å². The second-order valence-electron chi connectivity index (χ2n) is 12.5. The van der Waals surface area contributed by atoms with E-state index in [9.17, 15) is 19.5 Å². The van der Waals surface area contributed by atoms with Gasteiger partial charge in [0.15, 0.2) is 8.32 Å². The first-order chi connectivity index (χ1) is 16.8. The van der Waals surface area contributed by atoms with Gasteiger partial charge in [-0.2, -0.15) is 5.26 Å². The molecule has 5 atom stereocenters. The lowest BCUT2D eigenvalue weighted by atomic mass is 10.0. The number of carboxylic acids is 1. The van der Waals surface area contributed by atoms with Crippen LogP contribution in [0.1, 0.15) is 73.6 Å². The Morgan fingerprint density at radius 2 is 1.73 bits per heavy atom. The number of likely N-dealkylation sites (tertiary alicyclic amines) is 1. The van der Waals surface area contributed by atoms with Crippen LogP contribution in [0.5, 0.6) is 0 Å². The van der Waals surface area contributed by atoms with Crippen molar-refractivity contribution >= 4 is 26.2 Å². The van der Waals surface area contributed by atoms with E-state index in [1.165, 1.54) is 0 Å². The smallest absolute Gasteiger partial charge is 0.307 e. The quantitative estimate of drug-likeness (QED) is 0.278. The molecular formula is C26H47N3O7Si. The molecule has 0 spiro atoms. The fourth-order valence-corrected chi connectivity index (χ4v) is 4.97. The molecule has 10 nitrogen and oxygen atoms in total. The van der Waals surface area contributed by atoms with Gasteiger partial charge >= 0.3 is 11.9 Å². The van der Waals surface area contributed by atoms with Gasteiger partial charge in [-0.05, 0) is 70.5 Å². The third-order valence-electron chi connectivity index (χ3n) is 7.18. The molecule has 4 N–H and O–H groups in total. The van der Waals surface area contributed by atoms with E-state index in [0.29, 0.717) is 18.9 Å². The number of carboxylic acid groups (broad SMARTS) is 1. The summed E-state index contributed by atoms with van der Waals surface area (Å²) in [5.74, 6) is -1.89. The number of ether oxygens (including phenoxy) is 1. The Balaban J connectivity index is 0.000000394. The number of esters is 1. The van der Waals surface area contributed by atoms with Crippen molar-refractivity contribution in [3.05, 3.63) is 0 Å². The van der Waals surface area contributed by atoms with Gasteiger partial charge in [-0.25, -0.2) is 0 Å². The molecule has 0 aromatic rings. The Labute approximate surface area is 222 Å². The Morgan fingerprint density at radius 3 is 2.19 bits per heavy atom. The van der Waals surface area contributed by atoms with Crippen LogP contribution in [0.25, 0.3) is 0 Å². The molecule has 2 aliphatic rings. The van der Waals surface area contributed by atoms with Crippen molar-refractivity contribution in [3.8, 4) is 6.07 Å². The lowest BCUT2D eigenvalue weighted by Crippen LogP contribution is -2.47. The van der Waals surface area contributed by atoms with Crippen LogP contribution in [0.2, 0.25) is 18.1 Å². The molecule has 2 fully saturated rings. The molecule has 1 saturated heterocycles. The van der Waals surface area contributed by atoms with Crippen molar-refractivity contribution < 1.29 is 33.8 Å². The average molecular weight is 542 g/mol. The minimum Gasteiger partial charge on any atom is -0.481 e. The van der Waals surface area contributed by atoms with Crippen LogP contribution in [0, 0.1) is 23.2 Å². The molecular weight excluding hydrogens is 494 g/mol. The van der Waals surface area contributed by atoms with Crippen LogP contribution in [0.4, 0.5) is 0 Å². The number of aliphatic carboxylic acids is 1. The summed E-state index contributed by atoms with van der Waals surface area (Å²) in [6, 6.07) is 1.42. The number of nitrogens with two attached hydrogens (primary N) is 1. The van der Waals surface area contributed by atoms with Crippen LogP contribution in [0.15, 0.2) is 0 Å². The Hall–Kier alpha value is -2.00. The molecule has 1 saturated carbocycles. The molecule has 1 aliphatic carbocycles. The number of hydrogen-bond acceptors (Lipinski definition) is 8. The SMILES string of the molecule is CC(C)(C)OC(=O)C[C@@H](CCO[Si](C)(C)C(C)(C)C)C(=O)O.N#C[C@@H]1CC2C[C@H]2N1C(=O)[C@H](N)CCO. The van der Waals surface area contributed by atoms with E-state index in [1.54, 1.807) is 25.7 Å². The van der Waals surface area contributed by atoms with Gasteiger partial charge in [-0.15, -0.1) is 0 Å². The Morgan fingerprint density at radius 1 is 1.14 bits per heavy atom. The van der Waals surface area contributed by atoms with Gasteiger partial charge in [0.2, 0.25) is 5.91 Å². The number of fused-ring (bicyclic) bond motifs is 1. The summed E-state index contributed by atoms with van der Waals surface area (Å²) in [5.41, 5.74) is 5.05. The second-order valence-corrected chi connectivity index (χ2v) is 17.3. The van der Waals surface area contributed by atoms with Gasteiger partial charge in [-0.3, -0.25) is 14.4 Å². The number of nitrogens with zero attached hydrogens (tertiary/aromatic N) is 2. The molecule has 0 aromatic carbocycles. The van der Waals surface area contributed by atoms with E-state index in [2.05, 4.69) is 39.9 Å². The molecule has 1 amide bonds. The molecule has 2 rings (SSSR count).